The van der Waals surface area contributed by atoms with Gasteiger partial charge in [0, 0.05) is 5.02 Å². The highest BCUT2D eigenvalue weighted by Gasteiger charge is 2.24. The van der Waals surface area contributed by atoms with Crippen molar-refractivity contribution in [2.24, 2.45) is 0 Å². The first kappa shape index (κ1) is 23.5. The Kier molecular flexibility index (Phi) is 7.62. The van der Waals surface area contributed by atoms with E-state index in [0.717, 1.165) is 11.0 Å². The van der Waals surface area contributed by atoms with E-state index < -0.39 is 40.7 Å². The van der Waals surface area contributed by atoms with Gasteiger partial charge in [-0.25, -0.2) is 17.5 Å². The number of hydrogen-bond acceptors (Lipinski definition) is 5. The molecule has 2 aromatic carbocycles. The zero-order valence-corrected chi connectivity index (χ0v) is 18.2. The molecule has 0 unspecified atom stereocenters. The van der Waals surface area contributed by atoms with Crippen LogP contribution < -0.4 is 14.9 Å². The highest BCUT2D eigenvalue weighted by molar-refractivity contribution is 7.89. The van der Waals surface area contributed by atoms with E-state index in [0.29, 0.717) is 10.8 Å². The lowest BCUT2D eigenvalue weighted by Crippen LogP contribution is -2.45. The molecule has 32 heavy (non-hydrogen) atoms. The Morgan fingerprint density at radius 2 is 1.75 bits per heavy atom. The Morgan fingerprint density at radius 1 is 1.03 bits per heavy atom. The van der Waals surface area contributed by atoms with Crippen molar-refractivity contribution in [2.75, 3.05) is 18.0 Å². The fourth-order valence-corrected chi connectivity index (χ4v) is 3.83. The van der Waals surface area contributed by atoms with Gasteiger partial charge in [0.15, 0.2) is 0 Å². The van der Waals surface area contributed by atoms with Crippen LogP contribution in [0.2, 0.25) is 5.02 Å². The van der Waals surface area contributed by atoms with Crippen LogP contribution in [0.4, 0.5) is 10.1 Å². The van der Waals surface area contributed by atoms with Crippen LogP contribution in [-0.4, -0.2) is 33.3 Å². The number of nitrogens with zero attached hydrogens (tertiary/aromatic N) is 1. The molecule has 3 rings (SSSR count). The van der Waals surface area contributed by atoms with Gasteiger partial charge in [0.05, 0.1) is 29.9 Å². The third-order valence-electron chi connectivity index (χ3n) is 4.32. The standard InChI is InChI=1S/C21H19ClFN3O5S/c22-15-7-9-17(10-8-15)32(29,30)25-13-21(28)26(19-6-2-1-5-18(19)23)14-20(27)24-12-16-4-3-11-31-16/h1-11,25H,12-14H2,(H,24,27). The molecule has 11 heteroatoms. The number of sulfonamides is 1. The van der Waals surface area contributed by atoms with Gasteiger partial charge in [-0.2, -0.15) is 0 Å². The lowest BCUT2D eigenvalue weighted by molar-refractivity contribution is -0.123. The molecule has 0 aliphatic heterocycles. The first-order chi connectivity index (χ1) is 15.3. The molecule has 0 radical (unpaired) electrons. The number of benzene rings is 2. The van der Waals surface area contributed by atoms with Crippen LogP contribution in [0, 0.1) is 5.82 Å². The van der Waals surface area contributed by atoms with Crippen molar-refractivity contribution in [3.8, 4) is 0 Å². The Balaban J connectivity index is 1.72. The first-order valence-corrected chi connectivity index (χ1v) is 11.2. The lowest BCUT2D eigenvalue weighted by atomic mass is 10.2. The van der Waals surface area contributed by atoms with Gasteiger partial charge in [0.25, 0.3) is 0 Å². The largest absolute Gasteiger partial charge is 0.467 e. The minimum atomic E-state index is -4.03. The SMILES string of the molecule is O=C(CN(C(=O)CNS(=O)(=O)c1ccc(Cl)cc1)c1ccccc1F)NCc1ccco1. The highest BCUT2D eigenvalue weighted by atomic mass is 35.5. The summed E-state index contributed by atoms with van der Waals surface area (Å²) in [5.74, 6) is -1.64. The average molecular weight is 480 g/mol. The maximum absolute atomic E-state index is 14.3. The van der Waals surface area contributed by atoms with Gasteiger partial charge in [-0.1, -0.05) is 23.7 Å². The molecule has 168 valence electrons. The quantitative estimate of drug-likeness (QED) is 0.490. The third-order valence-corrected chi connectivity index (χ3v) is 5.99. The van der Waals surface area contributed by atoms with Gasteiger partial charge in [0.2, 0.25) is 21.8 Å². The van der Waals surface area contributed by atoms with E-state index in [2.05, 4.69) is 10.0 Å². The van der Waals surface area contributed by atoms with E-state index in [1.165, 1.54) is 48.7 Å². The summed E-state index contributed by atoms with van der Waals surface area (Å²) in [7, 11) is -4.03. The number of para-hydroxylation sites is 1. The zero-order chi connectivity index (χ0) is 23.1. The molecule has 0 bridgehead atoms. The van der Waals surface area contributed by atoms with E-state index in [1.807, 2.05) is 0 Å². The summed E-state index contributed by atoms with van der Waals surface area (Å²) in [6.45, 7) is -1.14. The molecule has 8 nitrogen and oxygen atoms in total. The second kappa shape index (κ2) is 10.4. The van der Waals surface area contributed by atoms with Gasteiger partial charge in [0.1, 0.15) is 18.1 Å². The molecule has 0 spiro atoms. The molecule has 1 heterocycles. The van der Waals surface area contributed by atoms with Crippen molar-refractivity contribution in [1.82, 2.24) is 10.0 Å². The summed E-state index contributed by atoms with van der Waals surface area (Å²) < 4.78 is 46.5. The first-order valence-electron chi connectivity index (χ1n) is 9.35. The number of furan rings is 1. The van der Waals surface area contributed by atoms with Crippen molar-refractivity contribution < 1.29 is 26.8 Å². The summed E-state index contributed by atoms with van der Waals surface area (Å²) in [4.78, 5) is 26.0. The summed E-state index contributed by atoms with van der Waals surface area (Å²) in [6.07, 6.45) is 1.45. The van der Waals surface area contributed by atoms with E-state index in [-0.39, 0.29) is 17.1 Å². The molecule has 0 aliphatic rings. The number of hydrogen-bond donors (Lipinski definition) is 2. The number of amides is 2. The summed E-state index contributed by atoms with van der Waals surface area (Å²) >= 11 is 5.76. The minimum Gasteiger partial charge on any atom is -0.467 e. The van der Waals surface area contributed by atoms with Crippen LogP contribution in [-0.2, 0) is 26.2 Å². The van der Waals surface area contributed by atoms with Crippen LogP contribution >= 0.6 is 11.6 Å². The summed E-state index contributed by atoms with van der Waals surface area (Å²) in [5, 5.41) is 2.92. The van der Waals surface area contributed by atoms with Gasteiger partial charge >= 0.3 is 0 Å². The summed E-state index contributed by atoms with van der Waals surface area (Å²) in [5.41, 5.74) is -0.156. The van der Waals surface area contributed by atoms with Crippen LogP contribution in [0.1, 0.15) is 5.76 Å². The Labute approximate surface area is 189 Å². The molecule has 0 atom stereocenters. The Bertz CT molecular complexity index is 1180. The summed E-state index contributed by atoms with van der Waals surface area (Å²) in [6, 6.07) is 14.1. The molecule has 1 aromatic heterocycles. The van der Waals surface area contributed by atoms with Crippen molar-refractivity contribution in [3.63, 3.8) is 0 Å². The normalized spacial score (nSPS) is 11.2. The number of carbonyl (C=O) groups excluding carboxylic acids is 2. The highest BCUT2D eigenvalue weighted by Crippen LogP contribution is 2.19. The van der Waals surface area contributed by atoms with E-state index in [1.54, 1.807) is 12.1 Å². The number of rotatable bonds is 9. The maximum atomic E-state index is 14.3. The number of anilines is 1. The monoisotopic (exact) mass is 479 g/mol. The molecule has 0 fully saturated rings. The number of halogens is 2. The molecule has 0 aliphatic carbocycles. The molecule has 3 aromatic rings. The predicted molar refractivity (Wildman–Crippen MR) is 116 cm³/mol. The molecule has 2 N–H and O–H groups in total. The van der Waals surface area contributed by atoms with Crippen molar-refractivity contribution in [1.29, 1.82) is 0 Å². The molecule has 0 saturated carbocycles. The van der Waals surface area contributed by atoms with Crippen molar-refractivity contribution in [3.05, 3.63) is 83.5 Å². The van der Waals surface area contributed by atoms with Crippen LogP contribution in [0.25, 0.3) is 0 Å². The lowest BCUT2D eigenvalue weighted by Gasteiger charge is -2.23. The zero-order valence-electron chi connectivity index (χ0n) is 16.6. The Hall–Kier alpha value is -3.21. The minimum absolute atomic E-state index is 0.0777. The smallest absolute Gasteiger partial charge is 0.242 e. The molecular weight excluding hydrogens is 461 g/mol. The molecule has 2 amide bonds. The number of carbonyl (C=O) groups is 2. The van der Waals surface area contributed by atoms with Crippen molar-refractivity contribution >= 4 is 39.1 Å². The van der Waals surface area contributed by atoms with Crippen LogP contribution in [0.3, 0.4) is 0 Å². The average Bonchev–Trinajstić information content (AvgIpc) is 3.29. The topological polar surface area (TPSA) is 109 Å². The predicted octanol–water partition coefficient (Wildman–Crippen LogP) is 2.70. The third kappa shape index (κ3) is 6.16. The Morgan fingerprint density at radius 3 is 2.41 bits per heavy atom. The molecular formula is C21H19ClFN3O5S. The fraction of sp³-hybridized carbons (Fsp3) is 0.143. The fourth-order valence-electron chi connectivity index (χ4n) is 2.73. The maximum Gasteiger partial charge on any atom is 0.242 e. The van der Waals surface area contributed by atoms with E-state index in [9.17, 15) is 22.4 Å². The van der Waals surface area contributed by atoms with Gasteiger partial charge in [-0.05, 0) is 48.5 Å². The van der Waals surface area contributed by atoms with E-state index in [4.69, 9.17) is 16.0 Å². The van der Waals surface area contributed by atoms with Crippen LogP contribution in [0.15, 0.2) is 76.2 Å². The van der Waals surface area contributed by atoms with Crippen molar-refractivity contribution in [2.45, 2.75) is 11.4 Å². The second-order valence-corrected chi connectivity index (χ2v) is 8.77. The van der Waals surface area contributed by atoms with Gasteiger partial charge < -0.3 is 9.73 Å². The molecule has 0 saturated heterocycles. The van der Waals surface area contributed by atoms with Gasteiger partial charge in [-0.15, -0.1) is 0 Å². The number of nitrogens with one attached hydrogen (secondary N) is 2. The second-order valence-electron chi connectivity index (χ2n) is 6.57. The van der Waals surface area contributed by atoms with E-state index >= 15 is 0 Å². The van der Waals surface area contributed by atoms with Gasteiger partial charge in [-0.3, -0.25) is 14.5 Å². The van der Waals surface area contributed by atoms with Crippen LogP contribution in [0.5, 0.6) is 0 Å².